The van der Waals surface area contributed by atoms with Crippen molar-refractivity contribution in [3.8, 4) is 5.75 Å². The zero-order valence-electron chi connectivity index (χ0n) is 12.2. The van der Waals surface area contributed by atoms with Gasteiger partial charge in [-0.1, -0.05) is 11.6 Å². The monoisotopic (exact) mass is 324 g/mol. The molecule has 0 atom stereocenters. The van der Waals surface area contributed by atoms with Gasteiger partial charge in [-0.3, -0.25) is 9.69 Å². The molecule has 0 bridgehead atoms. The molecule has 0 saturated carbocycles. The number of carbonyl (C=O) groups excluding carboxylic acids is 1. The smallest absolute Gasteiger partial charge is 0.163 e. The summed E-state index contributed by atoms with van der Waals surface area (Å²) in [7, 11) is 1.93. The third-order valence-electron chi connectivity index (χ3n) is 3.07. The summed E-state index contributed by atoms with van der Waals surface area (Å²) >= 11 is 7.63. The van der Waals surface area contributed by atoms with E-state index in [0.29, 0.717) is 23.7 Å². The molecule has 0 aliphatic rings. The largest absolute Gasteiger partial charge is 0.507 e. The van der Waals surface area contributed by atoms with E-state index in [4.69, 9.17) is 11.6 Å². The minimum Gasteiger partial charge on any atom is -0.507 e. The van der Waals surface area contributed by atoms with Gasteiger partial charge >= 0.3 is 0 Å². The molecule has 1 aromatic carbocycles. The minimum atomic E-state index is -0.200. The first kappa shape index (κ1) is 15.9. The summed E-state index contributed by atoms with van der Waals surface area (Å²) in [6, 6.07) is 3.18. The van der Waals surface area contributed by atoms with E-state index in [1.54, 1.807) is 17.4 Å². The van der Waals surface area contributed by atoms with E-state index in [9.17, 15) is 9.90 Å². The van der Waals surface area contributed by atoms with Gasteiger partial charge in [-0.25, -0.2) is 4.98 Å². The zero-order chi connectivity index (χ0) is 15.6. The van der Waals surface area contributed by atoms with Crippen molar-refractivity contribution in [2.75, 3.05) is 7.05 Å². The SMILES string of the molecule is CC(=O)c1cc(Cl)cc(CN(C)Cc2csc(C)n2)c1O. The molecule has 6 heteroatoms. The second-order valence-electron chi connectivity index (χ2n) is 5.05. The number of aryl methyl sites for hydroxylation is 1. The molecule has 1 N–H and O–H groups in total. The molecule has 0 saturated heterocycles. The molecule has 0 spiro atoms. The molecule has 0 unspecified atom stereocenters. The number of aromatic hydroxyl groups is 1. The van der Waals surface area contributed by atoms with E-state index < -0.39 is 0 Å². The predicted molar refractivity (Wildman–Crippen MR) is 85.1 cm³/mol. The summed E-state index contributed by atoms with van der Waals surface area (Å²) in [5.41, 5.74) is 1.89. The molecule has 112 valence electrons. The molecule has 2 aromatic rings. The fourth-order valence-electron chi connectivity index (χ4n) is 2.15. The molecule has 0 aliphatic carbocycles. The number of thiazole rings is 1. The highest BCUT2D eigenvalue weighted by atomic mass is 35.5. The van der Waals surface area contributed by atoms with Gasteiger partial charge in [0, 0.05) is 29.1 Å². The maximum Gasteiger partial charge on any atom is 0.163 e. The molecule has 1 heterocycles. The Hall–Kier alpha value is -1.43. The first-order valence-corrected chi connectivity index (χ1v) is 7.74. The van der Waals surface area contributed by atoms with E-state index in [1.807, 2.05) is 24.3 Å². The maximum atomic E-state index is 11.5. The van der Waals surface area contributed by atoms with Crippen LogP contribution >= 0.6 is 22.9 Å². The third-order valence-corrected chi connectivity index (χ3v) is 4.11. The average molecular weight is 325 g/mol. The van der Waals surface area contributed by atoms with Gasteiger partial charge in [-0.15, -0.1) is 11.3 Å². The molecule has 1 aromatic heterocycles. The fourth-order valence-corrected chi connectivity index (χ4v) is 2.99. The van der Waals surface area contributed by atoms with Gasteiger partial charge in [0.25, 0.3) is 0 Å². The molecule has 21 heavy (non-hydrogen) atoms. The standard InChI is InChI=1S/C15H17ClN2O2S/c1-9(19)14-5-12(16)4-11(15(14)20)6-18(3)7-13-8-21-10(2)17-13/h4-5,8,20H,6-7H2,1-3H3. The highest BCUT2D eigenvalue weighted by molar-refractivity contribution is 7.09. The van der Waals surface area contributed by atoms with Crippen molar-refractivity contribution in [3.63, 3.8) is 0 Å². The minimum absolute atomic E-state index is 0.00760. The van der Waals surface area contributed by atoms with E-state index in [0.717, 1.165) is 10.7 Å². The number of ketones is 1. The van der Waals surface area contributed by atoms with Gasteiger partial charge in [0.2, 0.25) is 0 Å². The second-order valence-corrected chi connectivity index (χ2v) is 6.55. The Kier molecular flexibility index (Phi) is 4.98. The average Bonchev–Trinajstić information content (AvgIpc) is 2.78. The zero-order valence-corrected chi connectivity index (χ0v) is 13.8. The van der Waals surface area contributed by atoms with Crippen molar-refractivity contribution in [2.24, 2.45) is 0 Å². The van der Waals surface area contributed by atoms with Crippen LogP contribution in [-0.2, 0) is 13.1 Å². The summed E-state index contributed by atoms with van der Waals surface area (Å²) in [6.45, 7) is 4.54. The quantitative estimate of drug-likeness (QED) is 0.853. The Bertz CT molecular complexity index is 670. The van der Waals surface area contributed by atoms with Crippen molar-refractivity contribution in [1.82, 2.24) is 9.88 Å². The Labute approximate surface area is 133 Å². The Morgan fingerprint density at radius 1 is 1.43 bits per heavy atom. The number of rotatable bonds is 5. The molecule has 0 amide bonds. The second kappa shape index (κ2) is 6.56. The van der Waals surface area contributed by atoms with Crippen LogP contribution in [0.15, 0.2) is 17.5 Å². The lowest BCUT2D eigenvalue weighted by Crippen LogP contribution is -2.18. The van der Waals surface area contributed by atoms with Crippen molar-refractivity contribution >= 4 is 28.7 Å². The van der Waals surface area contributed by atoms with E-state index in [-0.39, 0.29) is 17.1 Å². The van der Waals surface area contributed by atoms with Crippen molar-refractivity contribution < 1.29 is 9.90 Å². The first-order chi connectivity index (χ1) is 9.86. The van der Waals surface area contributed by atoms with Gasteiger partial charge in [0.1, 0.15) is 5.75 Å². The van der Waals surface area contributed by atoms with Crippen LogP contribution in [0.4, 0.5) is 0 Å². The van der Waals surface area contributed by atoms with E-state index >= 15 is 0 Å². The Morgan fingerprint density at radius 3 is 2.71 bits per heavy atom. The van der Waals surface area contributed by atoms with Crippen LogP contribution in [0.2, 0.25) is 5.02 Å². The summed E-state index contributed by atoms with van der Waals surface area (Å²) in [6.07, 6.45) is 0. The summed E-state index contributed by atoms with van der Waals surface area (Å²) in [5.74, 6) is -0.192. The normalized spacial score (nSPS) is 11.1. The number of carbonyl (C=O) groups is 1. The highest BCUT2D eigenvalue weighted by Crippen LogP contribution is 2.28. The number of Topliss-reactive ketones (excluding diaryl/α,β-unsaturated/α-hetero) is 1. The number of aromatic nitrogens is 1. The first-order valence-electron chi connectivity index (χ1n) is 6.48. The van der Waals surface area contributed by atoms with Crippen LogP contribution < -0.4 is 0 Å². The highest BCUT2D eigenvalue weighted by Gasteiger charge is 2.15. The number of halogens is 1. The van der Waals surface area contributed by atoms with Crippen molar-refractivity contribution in [1.29, 1.82) is 0 Å². The molecular weight excluding hydrogens is 308 g/mol. The lowest BCUT2D eigenvalue weighted by molar-refractivity contribution is 0.101. The van der Waals surface area contributed by atoms with Gasteiger partial charge in [0.05, 0.1) is 16.3 Å². The van der Waals surface area contributed by atoms with Crippen LogP contribution in [0.3, 0.4) is 0 Å². The van der Waals surface area contributed by atoms with Crippen LogP contribution in [0.5, 0.6) is 5.75 Å². The predicted octanol–water partition coefficient (Wildman–Crippen LogP) is 3.65. The lowest BCUT2D eigenvalue weighted by Gasteiger charge is -2.17. The van der Waals surface area contributed by atoms with E-state index in [1.165, 1.54) is 13.0 Å². The maximum absolute atomic E-state index is 11.5. The number of hydrogen-bond acceptors (Lipinski definition) is 5. The Morgan fingerprint density at radius 2 is 2.14 bits per heavy atom. The van der Waals surface area contributed by atoms with Crippen molar-refractivity contribution in [2.45, 2.75) is 26.9 Å². The van der Waals surface area contributed by atoms with Crippen LogP contribution in [-0.4, -0.2) is 27.8 Å². The summed E-state index contributed by atoms with van der Waals surface area (Å²) < 4.78 is 0. The topological polar surface area (TPSA) is 53.4 Å². The third kappa shape index (κ3) is 4.03. The molecule has 0 radical (unpaired) electrons. The molecule has 0 aliphatic heterocycles. The molecule has 0 fully saturated rings. The van der Waals surface area contributed by atoms with Crippen LogP contribution in [0.1, 0.15) is 33.5 Å². The van der Waals surface area contributed by atoms with Gasteiger partial charge in [-0.2, -0.15) is 0 Å². The number of phenolic OH excluding ortho intramolecular Hbond substituents is 1. The van der Waals surface area contributed by atoms with Gasteiger partial charge in [-0.05, 0) is 33.0 Å². The molecular formula is C15H17ClN2O2S. The lowest BCUT2D eigenvalue weighted by atomic mass is 10.1. The number of benzene rings is 1. The van der Waals surface area contributed by atoms with Crippen LogP contribution in [0.25, 0.3) is 0 Å². The summed E-state index contributed by atoms with van der Waals surface area (Å²) in [4.78, 5) is 17.9. The van der Waals surface area contributed by atoms with Gasteiger partial charge in [0.15, 0.2) is 5.78 Å². The summed E-state index contributed by atoms with van der Waals surface area (Å²) in [5, 5.41) is 13.7. The Balaban J connectivity index is 2.17. The van der Waals surface area contributed by atoms with E-state index in [2.05, 4.69) is 4.98 Å². The van der Waals surface area contributed by atoms with Crippen molar-refractivity contribution in [3.05, 3.63) is 44.4 Å². The fraction of sp³-hybridized carbons (Fsp3) is 0.333. The number of phenols is 1. The van der Waals surface area contributed by atoms with Gasteiger partial charge < -0.3 is 5.11 Å². The molecule has 2 rings (SSSR count). The number of hydrogen-bond donors (Lipinski definition) is 1. The molecule has 4 nitrogen and oxygen atoms in total. The van der Waals surface area contributed by atoms with Crippen LogP contribution in [0, 0.1) is 6.92 Å². The number of nitrogens with zero attached hydrogens (tertiary/aromatic N) is 2.